The summed E-state index contributed by atoms with van der Waals surface area (Å²) in [4.78, 5) is 3.65. The molecule has 2 N–H and O–H groups in total. The van der Waals surface area contributed by atoms with Crippen molar-refractivity contribution in [1.29, 1.82) is 0 Å². The molecule has 0 spiro atoms. The second kappa shape index (κ2) is 6.59. The first-order valence-electron chi connectivity index (χ1n) is 5.60. The van der Waals surface area contributed by atoms with Gasteiger partial charge in [-0.2, -0.15) is 13.2 Å². The highest BCUT2D eigenvalue weighted by Crippen LogP contribution is 2.31. The van der Waals surface area contributed by atoms with Crippen LogP contribution in [-0.4, -0.2) is 32.2 Å². The standard InChI is InChI=1S/C10H13ClF3N3O2S/c1-2-16-20(18,19)4-3-15-9-6-7(10(12,13)14)5-8(11)17-9/h5-6,16H,2-4H2,1H3,(H,15,17). The maximum atomic E-state index is 12.5. The van der Waals surface area contributed by atoms with Crippen molar-refractivity contribution in [2.75, 3.05) is 24.2 Å². The third kappa shape index (κ3) is 5.51. The Morgan fingerprint density at radius 3 is 2.55 bits per heavy atom. The minimum atomic E-state index is -4.54. The second-order valence-corrected chi connectivity index (χ2v) is 6.12. The van der Waals surface area contributed by atoms with E-state index in [1.165, 1.54) is 0 Å². The van der Waals surface area contributed by atoms with Gasteiger partial charge in [-0.25, -0.2) is 18.1 Å². The zero-order valence-electron chi connectivity index (χ0n) is 10.5. The normalized spacial score (nSPS) is 12.4. The molecule has 20 heavy (non-hydrogen) atoms. The highest BCUT2D eigenvalue weighted by atomic mass is 35.5. The summed E-state index contributed by atoms with van der Waals surface area (Å²) in [5.74, 6) is -0.410. The molecule has 0 aromatic carbocycles. The molecule has 1 aromatic rings. The molecule has 0 aliphatic heterocycles. The molecule has 5 nitrogen and oxygen atoms in total. The molecule has 114 valence electrons. The van der Waals surface area contributed by atoms with E-state index in [9.17, 15) is 21.6 Å². The average Bonchev–Trinajstić information content (AvgIpc) is 2.26. The van der Waals surface area contributed by atoms with Crippen molar-refractivity contribution in [3.8, 4) is 0 Å². The first-order chi connectivity index (χ1) is 9.14. The fraction of sp³-hybridized carbons (Fsp3) is 0.500. The number of halogens is 4. The predicted molar refractivity (Wildman–Crippen MR) is 70.2 cm³/mol. The van der Waals surface area contributed by atoms with Gasteiger partial charge in [-0.3, -0.25) is 0 Å². The molecule has 0 amide bonds. The van der Waals surface area contributed by atoms with Gasteiger partial charge in [0.25, 0.3) is 0 Å². The molecule has 1 aromatic heterocycles. The van der Waals surface area contributed by atoms with Crippen molar-refractivity contribution >= 4 is 27.4 Å². The lowest BCUT2D eigenvalue weighted by Crippen LogP contribution is -2.29. The monoisotopic (exact) mass is 331 g/mol. The van der Waals surface area contributed by atoms with Crippen molar-refractivity contribution in [3.63, 3.8) is 0 Å². The Morgan fingerprint density at radius 1 is 1.35 bits per heavy atom. The van der Waals surface area contributed by atoms with Crippen LogP contribution in [0.2, 0.25) is 5.15 Å². The number of hydrogen-bond acceptors (Lipinski definition) is 4. The van der Waals surface area contributed by atoms with E-state index in [1.807, 2.05) is 0 Å². The van der Waals surface area contributed by atoms with Gasteiger partial charge in [-0.05, 0) is 12.1 Å². The van der Waals surface area contributed by atoms with Crippen LogP contribution in [0, 0.1) is 0 Å². The van der Waals surface area contributed by atoms with Crippen LogP contribution in [0.25, 0.3) is 0 Å². The maximum absolute atomic E-state index is 12.5. The lowest BCUT2D eigenvalue weighted by atomic mass is 10.2. The maximum Gasteiger partial charge on any atom is 0.416 e. The molecular formula is C10H13ClF3N3O2S. The molecule has 1 rings (SSSR count). The number of anilines is 1. The van der Waals surface area contributed by atoms with E-state index in [2.05, 4.69) is 15.0 Å². The van der Waals surface area contributed by atoms with E-state index in [4.69, 9.17) is 11.6 Å². The van der Waals surface area contributed by atoms with Crippen LogP contribution in [0.3, 0.4) is 0 Å². The number of nitrogens with zero attached hydrogens (tertiary/aromatic N) is 1. The van der Waals surface area contributed by atoms with Crippen LogP contribution in [0.4, 0.5) is 19.0 Å². The summed E-state index contributed by atoms with van der Waals surface area (Å²) in [7, 11) is -3.45. The van der Waals surface area contributed by atoms with Gasteiger partial charge >= 0.3 is 6.18 Å². The molecule has 0 aliphatic rings. The molecule has 10 heteroatoms. The van der Waals surface area contributed by atoms with Gasteiger partial charge in [0.2, 0.25) is 10.0 Å². The van der Waals surface area contributed by atoms with Crippen LogP contribution < -0.4 is 10.0 Å². The van der Waals surface area contributed by atoms with Crippen LogP contribution in [0.15, 0.2) is 12.1 Å². The Balaban J connectivity index is 2.72. The third-order valence-corrected chi connectivity index (χ3v) is 3.83. The summed E-state index contributed by atoms with van der Waals surface area (Å²) in [5, 5.41) is 2.18. The number of rotatable bonds is 6. The molecule has 0 bridgehead atoms. The molecule has 0 aliphatic carbocycles. The first-order valence-corrected chi connectivity index (χ1v) is 7.63. The number of pyridine rings is 1. The molecule has 0 atom stereocenters. The number of sulfonamides is 1. The van der Waals surface area contributed by atoms with Crippen molar-refractivity contribution in [2.45, 2.75) is 13.1 Å². The molecule has 0 radical (unpaired) electrons. The zero-order valence-corrected chi connectivity index (χ0v) is 12.0. The van der Waals surface area contributed by atoms with Gasteiger partial charge in [0.05, 0.1) is 11.3 Å². The smallest absolute Gasteiger partial charge is 0.369 e. The Kier molecular flexibility index (Phi) is 5.60. The minimum Gasteiger partial charge on any atom is -0.369 e. The molecule has 0 fully saturated rings. The Hall–Kier alpha value is -1.06. The Labute approximate surface area is 119 Å². The minimum absolute atomic E-state index is 0.0834. The number of hydrogen-bond donors (Lipinski definition) is 2. The van der Waals surface area contributed by atoms with E-state index in [1.54, 1.807) is 6.92 Å². The van der Waals surface area contributed by atoms with E-state index in [-0.39, 0.29) is 29.8 Å². The SMILES string of the molecule is CCNS(=O)(=O)CCNc1cc(C(F)(F)F)cc(Cl)n1. The number of aromatic nitrogens is 1. The Morgan fingerprint density at radius 2 is 2.00 bits per heavy atom. The lowest BCUT2D eigenvalue weighted by molar-refractivity contribution is -0.137. The topological polar surface area (TPSA) is 71.1 Å². The quantitative estimate of drug-likeness (QED) is 0.783. The molecule has 1 heterocycles. The van der Waals surface area contributed by atoms with Crippen molar-refractivity contribution in [2.24, 2.45) is 0 Å². The third-order valence-electron chi connectivity index (χ3n) is 2.16. The fourth-order valence-electron chi connectivity index (χ4n) is 1.36. The zero-order chi connectivity index (χ0) is 15.4. The summed E-state index contributed by atoms with van der Waals surface area (Å²) >= 11 is 5.49. The predicted octanol–water partition coefficient (Wildman–Crippen LogP) is 2.10. The summed E-state index contributed by atoms with van der Waals surface area (Å²) in [5.41, 5.74) is -0.949. The van der Waals surface area contributed by atoms with Crippen LogP contribution in [0.5, 0.6) is 0 Å². The molecule has 0 saturated carbocycles. The summed E-state index contributed by atoms with van der Waals surface area (Å²) in [6, 6.07) is 1.47. The van der Waals surface area contributed by atoms with Gasteiger partial charge in [0, 0.05) is 13.1 Å². The summed E-state index contributed by atoms with van der Waals surface area (Å²) in [6.07, 6.45) is -4.54. The summed E-state index contributed by atoms with van der Waals surface area (Å²) in [6.45, 7) is 1.79. The van der Waals surface area contributed by atoms with Crippen molar-refractivity contribution in [3.05, 3.63) is 22.8 Å². The lowest BCUT2D eigenvalue weighted by Gasteiger charge is -2.11. The molecule has 0 saturated heterocycles. The van der Waals surface area contributed by atoms with E-state index < -0.39 is 21.8 Å². The average molecular weight is 332 g/mol. The van der Waals surface area contributed by atoms with Crippen LogP contribution in [0.1, 0.15) is 12.5 Å². The number of alkyl halides is 3. The Bertz CT molecular complexity index is 563. The first kappa shape index (κ1) is 17.0. The van der Waals surface area contributed by atoms with Crippen molar-refractivity contribution < 1.29 is 21.6 Å². The largest absolute Gasteiger partial charge is 0.416 e. The van der Waals surface area contributed by atoms with Gasteiger partial charge in [-0.1, -0.05) is 18.5 Å². The van der Waals surface area contributed by atoms with Gasteiger partial charge < -0.3 is 5.32 Å². The van der Waals surface area contributed by atoms with E-state index in [0.717, 1.165) is 6.07 Å². The van der Waals surface area contributed by atoms with E-state index in [0.29, 0.717) is 6.07 Å². The van der Waals surface area contributed by atoms with E-state index >= 15 is 0 Å². The molecule has 0 unspecified atom stereocenters. The van der Waals surface area contributed by atoms with Gasteiger partial charge in [-0.15, -0.1) is 0 Å². The second-order valence-electron chi connectivity index (χ2n) is 3.81. The van der Waals surface area contributed by atoms with Gasteiger partial charge in [0.1, 0.15) is 11.0 Å². The number of nitrogens with one attached hydrogen (secondary N) is 2. The highest BCUT2D eigenvalue weighted by Gasteiger charge is 2.31. The van der Waals surface area contributed by atoms with Gasteiger partial charge in [0.15, 0.2) is 0 Å². The molecular weight excluding hydrogens is 319 g/mol. The van der Waals surface area contributed by atoms with Crippen molar-refractivity contribution in [1.82, 2.24) is 9.71 Å². The van der Waals surface area contributed by atoms with Crippen LogP contribution >= 0.6 is 11.6 Å². The van der Waals surface area contributed by atoms with Crippen LogP contribution in [-0.2, 0) is 16.2 Å². The highest BCUT2D eigenvalue weighted by molar-refractivity contribution is 7.89. The summed E-state index contributed by atoms with van der Waals surface area (Å²) < 4.78 is 62.6. The fourth-order valence-corrected chi connectivity index (χ4v) is 2.52.